The van der Waals surface area contributed by atoms with Crippen LogP contribution in [0.3, 0.4) is 0 Å². The quantitative estimate of drug-likeness (QED) is 0.398. The minimum absolute atomic E-state index is 0.0244. The van der Waals surface area contributed by atoms with Crippen molar-refractivity contribution in [1.82, 2.24) is 15.3 Å². The number of thiazole rings is 2. The predicted molar refractivity (Wildman–Crippen MR) is 127 cm³/mol. The lowest BCUT2D eigenvalue weighted by Crippen LogP contribution is -2.38. The van der Waals surface area contributed by atoms with Gasteiger partial charge in [-0.15, -0.1) is 11.3 Å². The summed E-state index contributed by atoms with van der Waals surface area (Å²) in [5, 5.41) is 12.4. The van der Waals surface area contributed by atoms with Crippen LogP contribution in [0.4, 0.5) is 20.7 Å². The number of carbonyl (C=O) groups is 2. The number of rotatable bonds is 6. The van der Waals surface area contributed by atoms with E-state index < -0.39 is 0 Å². The fourth-order valence-corrected chi connectivity index (χ4v) is 5.35. The largest absolute Gasteiger partial charge is 0.335 e. The summed E-state index contributed by atoms with van der Waals surface area (Å²) in [6.45, 7) is 3.47. The average Bonchev–Trinajstić information content (AvgIpc) is 3.35. The van der Waals surface area contributed by atoms with E-state index in [4.69, 9.17) is 0 Å². The number of aryl methyl sites for hydroxylation is 1. The van der Waals surface area contributed by atoms with Crippen molar-refractivity contribution in [1.29, 1.82) is 0 Å². The van der Waals surface area contributed by atoms with Gasteiger partial charge in [-0.2, -0.15) is 0 Å². The van der Waals surface area contributed by atoms with Crippen LogP contribution in [0.5, 0.6) is 0 Å². The molecule has 0 bridgehead atoms. The molecule has 162 valence electrons. The number of Topliss-reactive ketones (excluding diaryl/α,β-unsaturated/α-hetero) is 1. The highest BCUT2D eigenvalue weighted by Gasteiger charge is 2.18. The van der Waals surface area contributed by atoms with Gasteiger partial charge in [-0.25, -0.2) is 14.8 Å². The van der Waals surface area contributed by atoms with Crippen molar-refractivity contribution in [2.24, 2.45) is 0 Å². The summed E-state index contributed by atoms with van der Waals surface area (Å²) in [5.74, 6) is 0.0244. The summed E-state index contributed by atoms with van der Waals surface area (Å²) in [5.41, 5.74) is 3.11. The van der Waals surface area contributed by atoms with Crippen molar-refractivity contribution >= 4 is 50.4 Å². The fraction of sp³-hybridized carbons (Fsp3) is 0.364. The molecular formula is C22H25N5O2S2. The molecule has 9 heteroatoms. The van der Waals surface area contributed by atoms with Gasteiger partial charge in [0, 0.05) is 22.7 Å². The van der Waals surface area contributed by atoms with E-state index in [1.165, 1.54) is 41.9 Å². The first-order chi connectivity index (χ1) is 15.0. The first-order valence-electron chi connectivity index (χ1n) is 10.4. The number of amides is 2. The minimum Gasteiger partial charge on any atom is -0.335 e. The summed E-state index contributed by atoms with van der Waals surface area (Å²) < 4.78 is 0. The van der Waals surface area contributed by atoms with Gasteiger partial charge in [0.05, 0.1) is 16.3 Å². The van der Waals surface area contributed by atoms with E-state index in [1.54, 1.807) is 13.0 Å². The SMILES string of the molecule is CC(=O)c1cccc(Nc2nc(-c3sc(NC(=O)NC4CCCCC4)nc3C)cs2)c1. The van der Waals surface area contributed by atoms with E-state index in [2.05, 4.69) is 25.9 Å². The predicted octanol–water partition coefficient (Wildman–Crippen LogP) is 5.98. The molecule has 0 saturated heterocycles. The molecule has 1 aliphatic rings. The van der Waals surface area contributed by atoms with Gasteiger partial charge in [0.25, 0.3) is 0 Å². The smallest absolute Gasteiger partial charge is 0.321 e. The Morgan fingerprint density at radius 2 is 1.90 bits per heavy atom. The zero-order valence-corrected chi connectivity index (χ0v) is 19.2. The highest BCUT2D eigenvalue weighted by molar-refractivity contribution is 7.20. The summed E-state index contributed by atoms with van der Waals surface area (Å²) in [4.78, 5) is 34.0. The van der Waals surface area contributed by atoms with Gasteiger partial charge >= 0.3 is 6.03 Å². The topological polar surface area (TPSA) is 96.0 Å². The number of carbonyl (C=O) groups excluding carboxylic acids is 2. The Kier molecular flexibility index (Phi) is 6.62. The number of aromatic nitrogens is 2. The van der Waals surface area contributed by atoms with Gasteiger partial charge in [0.2, 0.25) is 0 Å². The average molecular weight is 456 g/mol. The normalized spacial score (nSPS) is 14.3. The van der Waals surface area contributed by atoms with Gasteiger partial charge in [0.1, 0.15) is 0 Å². The van der Waals surface area contributed by atoms with E-state index in [9.17, 15) is 9.59 Å². The maximum atomic E-state index is 12.3. The molecule has 0 unspecified atom stereocenters. The molecule has 2 heterocycles. The Morgan fingerprint density at radius 1 is 1.10 bits per heavy atom. The van der Waals surface area contributed by atoms with Crippen LogP contribution in [-0.2, 0) is 0 Å². The second-order valence-electron chi connectivity index (χ2n) is 7.67. The lowest BCUT2D eigenvalue weighted by Gasteiger charge is -2.22. The van der Waals surface area contributed by atoms with Crippen LogP contribution in [0.25, 0.3) is 10.6 Å². The molecule has 2 amide bonds. The number of hydrogen-bond donors (Lipinski definition) is 3. The molecule has 1 aromatic carbocycles. The Hall–Kier alpha value is -2.78. The van der Waals surface area contributed by atoms with Gasteiger partial charge in [-0.05, 0) is 38.8 Å². The highest BCUT2D eigenvalue weighted by atomic mass is 32.1. The zero-order chi connectivity index (χ0) is 21.8. The molecule has 4 rings (SSSR count). The Morgan fingerprint density at radius 3 is 2.68 bits per heavy atom. The van der Waals surface area contributed by atoms with E-state index in [1.807, 2.05) is 30.5 Å². The van der Waals surface area contributed by atoms with Crippen LogP contribution in [0, 0.1) is 6.92 Å². The molecule has 1 fully saturated rings. The monoisotopic (exact) mass is 455 g/mol. The molecule has 3 N–H and O–H groups in total. The van der Waals surface area contributed by atoms with Crippen molar-refractivity contribution in [2.45, 2.75) is 52.0 Å². The number of benzene rings is 1. The number of anilines is 3. The number of nitrogens with zero attached hydrogens (tertiary/aromatic N) is 2. The van der Waals surface area contributed by atoms with Crippen LogP contribution in [0.2, 0.25) is 0 Å². The first kappa shape index (κ1) is 21.5. The fourth-order valence-electron chi connectivity index (χ4n) is 3.63. The van der Waals surface area contributed by atoms with Gasteiger partial charge in [-0.1, -0.05) is 42.7 Å². The molecule has 0 radical (unpaired) electrons. The Labute approximate surface area is 189 Å². The number of hydrogen-bond acceptors (Lipinski definition) is 7. The van der Waals surface area contributed by atoms with Crippen LogP contribution in [-0.4, -0.2) is 27.8 Å². The highest BCUT2D eigenvalue weighted by Crippen LogP contribution is 2.35. The third-order valence-corrected chi connectivity index (χ3v) is 7.07. The summed E-state index contributed by atoms with van der Waals surface area (Å²) in [6.07, 6.45) is 5.68. The molecule has 2 aromatic heterocycles. The first-order valence-corrected chi connectivity index (χ1v) is 12.1. The standard InChI is InChI=1S/C22H25N5O2S2/c1-13-19(31-22(23-13)27-20(29)24-16-8-4-3-5-9-16)18-12-30-21(26-18)25-17-10-6-7-15(11-17)14(2)28/h6-7,10-12,16H,3-5,8-9H2,1-2H3,(H,25,26)(H2,23,24,27,29). The maximum absolute atomic E-state index is 12.3. The maximum Gasteiger partial charge on any atom is 0.321 e. The third-order valence-electron chi connectivity index (χ3n) is 5.21. The molecule has 7 nitrogen and oxygen atoms in total. The van der Waals surface area contributed by atoms with Crippen molar-refractivity contribution in [2.75, 3.05) is 10.6 Å². The van der Waals surface area contributed by atoms with Crippen LogP contribution in [0.1, 0.15) is 55.1 Å². The van der Waals surface area contributed by atoms with Gasteiger partial charge < -0.3 is 10.6 Å². The summed E-state index contributed by atoms with van der Waals surface area (Å²) in [6, 6.07) is 7.41. The third kappa shape index (κ3) is 5.48. The van der Waals surface area contributed by atoms with Gasteiger partial charge in [0.15, 0.2) is 16.0 Å². The van der Waals surface area contributed by atoms with Crippen molar-refractivity contribution in [3.05, 3.63) is 40.9 Å². The zero-order valence-electron chi connectivity index (χ0n) is 17.5. The van der Waals surface area contributed by atoms with Crippen molar-refractivity contribution in [3.8, 4) is 10.6 Å². The lowest BCUT2D eigenvalue weighted by molar-refractivity contribution is 0.101. The van der Waals surface area contributed by atoms with Gasteiger partial charge in [-0.3, -0.25) is 10.1 Å². The molecule has 0 spiro atoms. The molecular weight excluding hydrogens is 430 g/mol. The molecule has 31 heavy (non-hydrogen) atoms. The molecule has 1 saturated carbocycles. The molecule has 1 aliphatic carbocycles. The molecule has 0 aliphatic heterocycles. The van der Waals surface area contributed by atoms with Crippen molar-refractivity contribution < 1.29 is 9.59 Å². The lowest BCUT2D eigenvalue weighted by atomic mass is 9.96. The minimum atomic E-state index is -0.196. The van der Waals surface area contributed by atoms with E-state index >= 15 is 0 Å². The molecule has 3 aromatic rings. The van der Waals surface area contributed by atoms with E-state index in [-0.39, 0.29) is 17.9 Å². The Bertz CT molecular complexity index is 1090. The number of urea groups is 1. The summed E-state index contributed by atoms with van der Waals surface area (Å²) >= 11 is 2.90. The summed E-state index contributed by atoms with van der Waals surface area (Å²) in [7, 11) is 0. The Balaban J connectivity index is 1.42. The second kappa shape index (κ2) is 9.57. The van der Waals surface area contributed by atoms with E-state index in [0.717, 1.165) is 39.9 Å². The van der Waals surface area contributed by atoms with E-state index in [0.29, 0.717) is 10.7 Å². The number of ketones is 1. The van der Waals surface area contributed by atoms with Crippen LogP contribution in [0.15, 0.2) is 29.6 Å². The van der Waals surface area contributed by atoms with Crippen molar-refractivity contribution in [3.63, 3.8) is 0 Å². The van der Waals surface area contributed by atoms with Crippen LogP contribution >= 0.6 is 22.7 Å². The van der Waals surface area contributed by atoms with Crippen LogP contribution < -0.4 is 16.0 Å². The number of nitrogens with one attached hydrogen (secondary N) is 3. The molecule has 0 atom stereocenters. The second-order valence-corrected chi connectivity index (χ2v) is 9.52.